The van der Waals surface area contributed by atoms with E-state index in [1.807, 2.05) is 0 Å². The zero-order chi connectivity index (χ0) is 19.7. The average Bonchev–Trinajstić information content (AvgIpc) is 2.68. The minimum atomic E-state index is -0.554. The fraction of sp³-hybridized carbons (Fsp3) is 0.0909. The summed E-state index contributed by atoms with van der Waals surface area (Å²) in [4.78, 5) is 24.8. The van der Waals surface area contributed by atoms with E-state index < -0.39 is 23.8 Å². The third-order valence-electron chi connectivity index (χ3n) is 4.57. The first kappa shape index (κ1) is 17.9. The zero-order valence-electron chi connectivity index (χ0n) is 14.6. The average molecular weight is 379 g/mol. The first-order valence-corrected chi connectivity index (χ1v) is 8.66. The molecule has 0 saturated carbocycles. The Hall–Kier alpha value is -3.54. The topological polar surface area (TPSA) is 55.4 Å². The fourth-order valence-corrected chi connectivity index (χ4v) is 3.17. The number of fused-ring (bicyclic) bond motifs is 1. The molecule has 3 aromatic carbocycles. The number of cyclic esters (lactones) is 1. The quantitative estimate of drug-likeness (QED) is 0.673. The van der Waals surface area contributed by atoms with Gasteiger partial charge < -0.3 is 10.1 Å². The maximum Gasteiger partial charge on any atom is 0.339 e. The van der Waals surface area contributed by atoms with Gasteiger partial charge in [-0.1, -0.05) is 18.2 Å². The van der Waals surface area contributed by atoms with Crippen LogP contribution in [0, 0.1) is 11.6 Å². The highest BCUT2D eigenvalue weighted by atomic mass is 19.1. The number of benzene rings is 3. The molecule has 0 fully saturated rings. The van der Waals surface area contributed by atoms with Crippen LogP contribution >= 0.6 is 0 Å². The molecule has 1 amide bonds. The molecule has 140 valence electrons. The summed E-state index contributed by atoms with van der Waals surface area (Å²) in [5, 5.41) is 2.63. The van der Waals surface area contributed by atoms with Crippen LogP contribution in [-0.2, 0) is 11.2 Å². The maximum atomic E-state index is 13.3. The third kappa shape index (κ3) is 3.62. The summed E-state index contributed by atoms with van der Waals surface area (Å²) in [7, 11) is 0. The summed E-state index contributed by atoms with van der Waals surface area (Å²) in [6, 6.07) is 16.0. The Morgan fingerprint density at radius 2 is 1.75 bits per heavy atom. The van der Waals surface area contributed by atoms with Crippen molar-refractivity contribution in [1.82, 2.24) is 0 Å². The van der Waals surface area contributed by atoms with E-state index in [9.17, 15) is 18.4 Å². The van der Waals surface area contributed by atoms with Crippen LogP contribution in [0.2, 0.25) is 0 Å². The number of hydrogen-bond donors (Lipinski definition) is 1. The smallest absolute Gasteiger partial charge is 0.339 e. The van der Waals surface area contributed by atoms with Crippen molar-refractivity contribution in [3.63, 3.8) is 0 Å². The van der Waals surface area contributed by atoms with Crippen LogP contribution in [0.5, 0.6) is 0 Å². The van der Waals surface area contributed by atoms with Crippen LogP contribution in [0.25, 0.3) is 0 Å². The van der Waals surface area contributed by atoms with Crippen LogP contribution in [0.4, 0.5) is 14.5 Å². The summed E-state index contributed by atoms with van der Waals surface area (Å²) in [6.07, 6.45) is -0.185. The van der Waals surface area contributed by atoms with Gasteiger partial charge in [-0.3, -0.25) is 4.79 Å². The predicted octanol–water partition coefficient (Wildman–Crippen LogP) is 4.67. The Morgan fingerprint density at radius 3 is 2.50 bits per heavy atom. The lowest BCUT2D eigenvalue weighted by atomic mass is 9.93. The van der Waals surface area contributed by atoms with Crippen molar-refractivity contribution in [3.05, 3.63) is 101 Å². The molecule has 0 unspecified atom stereocenters. The summed E-state index contributed by atoms with van der Waals surface area (Å²) < 4.78 is 31.9. The molecule has 1 atom stereocenters. The van der Waals surface area contributed by atoms with E-state index in [-0.39, 0.29) is 5.82 Å². The molecule has 0 aliphatic carbocycles. The highest BCUT2D eigenvalue weighted by Crippen LogP contribution is 2.31. The van der Waals surface area contributed by atoms with Crippen LogP contribution < -0.4 is 5.32 Å². The van der Waals surface area contributed by atoms with Gasteiger partial charge in [0.15, 0.2) is 0 Å². The van der Waals surface area contributed by atoms with Gasteiger partial charge in [0.05, 0.1) is 5.56 Å². The SMILES string of the molecule is O=C(Nc1cccc(F)c1)c1ccc2c(c1)C[C@@H](c1ccc(F)cc1)OC2=O. The molecule has 0 radical (unpaired) electrons. The molecule has 1 aliphatic heterocycles. The van der Waals surface area contributed by atoms with Gasteiger partial charge in [-0.2, -0.15) is 0 Å². The van der Waals surface area contributed by atoms with Gasteiger partial charge in [0, 0.05) is 17.7 Å². The van der Waals surface area contributed by atoms with E-state index in [0.717, 1.165) is 0 Å². The lowest BCUT2D eigenvalue weighted by molar-refractivity contribution is 0.0252. The number of rotatable bonds is 3. The first-order chi connectivity index (χ1) is 13.5. The molecular weight excluding hydrogens is 364 g/mol. The second-order valence-electron chi connectivity index (χ2n) is 6.49. The summed E-state index contributed by atoms with van der Waals surface area (Å²) >= 11 is 0. The monoisotopic (exact) mass is 379 g/mol. The molecule has 4 nitrogen and oxygen atoms in total. The van der Waals surface area contributed by atoms with Crippen molar-refractivity contribution in [3.8, 4) is 0 Å². The van der Waals surface area contributed by atoms with Crippen LogP contribution in [0.3, 0.4) is 0 Å². The molecule has 4 rings (SSSR count). The molecule has 0 saturated heterocycles. The molecule has 3 aromatic rings. The standard InChI is InChI=1S/C22H15F2NO3/c23-16-7-4-13(5-8-16)20-11-15-10-14(6-9-19(15)22(27)28-20)21(26)25-18-3-1-2-17(24)12-18/h1-10,12,20H,11H2,(H,25,26)/t20-/m0/s1. The highest BCUT2D eigenvalue weighted by Gasteiger charge is 2.28. The normalized spacial score (nSPS) is 15.5. The van der Waals surface area contributed by atoms with Crippen molar-refractivity contribution in [2.75, 3.05) is 5.32 Å². The molecule has 0 bridgehead atoms. The van der Waals surface area contributed by atoms with Crippen LogP contribution in [0.1, 0.15) is 37.9 Å². The Kier molecular flexibility index (Phi) is 4.61. The van der Waals surface area contributed by atoms with Crippen molar-refractivity contribution >= 4 is 17.6 Å². The maximum absolute atomic E-state index is 13.3. The van der Waals surface area contributed by atoms with Crippen LogP contribution in [0.15, 0.2) is 66.7 Å². The van der Waals surface area contributed by atoms with Gasteiger partial charge in [0.25, 0.3) is 5.91 Å². The predicted molar refractivity (Wildman–Crippen MR) is 99.1 cm³/mol. The zero-order valence-corrected chi connectivity index (χ0v) is 14.6. The third-order valence-corrected chi connectivity index (χ3v) is 4.57. The largest absolute Gasteiger partial charge is 0.454 e. The number of anilines is 1. The van der Waals surface area contributed by atoms with E-state index in [0.29, 0.717) is 34.4 Å². The van der Waals surface area contributed by atoms with Crippen molar-refractivity contribution in [2.45, 2.75) is 12.5 Å². The van der Waals surface area contributed by atoms with Gasteiger partial charge in [-0.25, -0.2) is 13.6 Å². The number of halogens is 2. The number of nitrogens with one attached hydrogen (secondary N) is 1. The Labute approximate surface area is 159 Å². The van der Waals surface area contributed by atoms with Crippen molar-refractivity contribution < 1.29 is 23.1 Å². The molecule has 28 heavy (non-hydrogen) atoms. The molecule has 6 heteroatoms. The highest BCUT2D eigenvalue weighted by molar-refractivity contribution is 6.05. The van der Waals surface area contributed by atoms with Crippen molar-refractivity contribution in [1.29, 1.82) is 0 Å². The van der Waals surface area contributed by atoms with Gasteiger partial charge in [-0.15, -0.1) is 0 Å². The number of esters is 1. The minimum Gasteiger partial charge on any atom is -0.454 e. The van der Waals surface area contributed by atoms with E-state index in [1.165, 1.54) is 36.4 Å². The van der Waals surface area contributed by atoms with Crippen LogP contribution in [-0.4, -0.2) is 11.9 Å². The summed E-state index contributed by atoms with van der Waals surface area (Å²) in [5.41, 5.74) is 2.41. The lowest BCUT2D eigenvalue weighted by Gasteiger charge is -2.25. The van der Waals surface area contributed by atoms with E-state index >= 15 is 0 Å². The summed E-state index contributed by atoms with van der Waals surface area (Å²) in [6.45, 7) is 0. The molecule has 1 N–H and O–H groups in total. The van der Waals surface area contributed by atoms with Crippen molar-refractivity contribution in [2.24, 2.45) is 0 Å². The number of ether oxygens (including phenoxy) is 1. The molecule has 1 heterocycles. The second-order valence-corrected chi connectivity index (χ2v) is 6.49. The Morgan fingerprint density at radius 1 is 0.964 bits per heavy atom. The molecule has 1 aliphatic rings. The van der Waals surface area contributed by atoms with E-state index in [4.69, 9.17) is 4.74 Å². The number of carbonyl (C=O) groups is 2. The van der Waals surface area contributed by atoms with E-state index in [2.05, 4.69) is 5.32 Å². The number of amides is 1. The van der Waals surface area contributed by atoms with E-state index in [1.54, 1.807) is 30.3 Å². The number of carbonyl (C=O) groups excluding carboxylic acids is 2. The summed E-state index contributed by atoms with van der Waals surface area (Å²) in [5.74, 6) is -1.73. The fourth-order valence-electron chi connectivity index (χ4n) is 3.17. The Bertz CT molecular complexity index is 1060. The number of hydrogen-bond acceptors (Lipinski definition) is 3. The minimum absolute atomic E-state index is 0.339. The van der Waals surface area contributed by atoms with Gasteiger partial charge >= 0.3 is 5.97 Å². The van der Waals surface area contributed by atoms with Gasteiger partial charge in [0.1, 0.15) is 17.7 Å². The molecular formula is C22H15F2NO3. The molecule has 0 aromatic heterocycles. The second kappa shape index (κ2) is 7.23. The van der Waals surface area contributed by atoms with Gasteiger partial charge in [0.2, 0.25) is 0 Å². The lowest BCUT2D eigenvalue weighted by Crippen LogP contribution is -2.23. The Balaban J connectivity index is 1.58. The first-order valence-electron chi connectivity index (χ1n) is 8.66. The van der Waals surface area contributed by atoms with Gasteiger partial charge in [-0.05, 0) is 59.7 Å². The molecule has 0 spiro atoms.